The molecule has 1 aromatic heterocycles. The fourth-order valence-corrected chi connectivity index (χ4v) is 1.06. The van der Waals surface area contributed by atoms with Crippen molar-refractivity contribution in [3.05, 3.63) is 23.5 Å². The van der Waals surface area contributed by atoms with Gasteiger partial charge in [-0.3, -0.25) is 4.98 Å². The lowest BCUT2D eigenvalue weighted by molar-refractivity contribution is 0.225. The summed E-state index contributed by atoms with van der Waals surface area (Å²) in [6.45, 7) is 2.34. The predicted octanol–water partition coefficient (Wildman–Crippen LogP) is 0.644. The second kappa shape index (κ2) is 5.57. The van der Waals surface area contributed by atoms with Gasteiger partial charge in [0.25, 0.3) is 0 Å². The molecule has 0 aromatic carbocycles. The van der Waals surface area contributed by atoms with Gasteiger partial charge in [-0.15, -0.1) is 0 Å². The monoisotopic (exact) mass is 197 g/mol. The molecule has 0 aliphatic carbocycles. The average Bonchev–Trinajstić information content (AvgIpc) is 2.19. The van der Waals surface area contributed by atoms with Crippen LogP contribution in [0.5, 0.6) is 5.75 Å². The van der Waals surface area contributed by atoms with Crippen LogP contribution in [0.2, 0.25) is 0 Å². The standard InChI is InChI=1S/C10H15NO3/c1-8-5-10(14-4-2-3-12)9(7-13)6-11-8/h5-6,12-13H,2-4,7H2,1H3. The van der Waals surface area contributed by atoms with E-state index in [0.717, 1.165) is 5.69 Å². The lowest BCUT2D eigenvalue weighted by atomic mass is 10.2. The van der Waals surface area contributed by atoms with Crippen molar-refractivity contribution in [2.75, 3.05) is 13.2 Å². The highest BCUT2D eigenvalue weighted by atomic mass is 16.5. The minimum atomic E-state index is -0.0816. The van der Waals surface area contributed by atoms with Crippen LogP contribution in [0.25, 0.3) is 0 Å². The summed E-state index contributed by atoms with van der Waals surface area (Å²) in [5, 5.41) is 17.6. The number of nitrogens with zero attached hydrogens (tertiary/aromatic N) is 1. The fraction of sp³-hybridized carbons (Fsp3) is 0.500. The van der Waals surface area contributed by atoms with Crippen LogP contribution in [0.4, 0.5) is 0 Å². The Morgan fingerprint density at radius 2 is 2.21 bits per heavy atom. The molecule has 0 bridgehead atoms. The molecule has 78 valence electrons. The molecule has 1 aromatic rings. The lowest BCUT2D eigenvalue weighted by Crippen LogP contribution is -2.03. The Bertz CT molecular complexity index is 289. The fourth-order valence-electron chi connectivity index (χ4n) is 1.06. The molecule has 0 saturated heterocycles. The number of rotatable bonds is 5. The first kappa shape index (κ1) is 10.9. The van der Waals surface area contributed by atoms with E-state index in [1.54, 1.807) is 12.3 Å². The molecule has 0 radical (unpaired) electrons. The van der Waals surface area contributed by atoms with Crippen molar-refractivity contribution < 1.29 is 14.9 Å². The first-order valence-corrected chi connectivity index (χ1v) is 4.58. The van der Waals surface area contributed by atoms with E-state index in [2.05, 4.69) is 4.98 Å². The number of aromatic nitrogens is 1. The summed E-state index contributed by atoms with van der Waals surface area (Å²) in [4.78, 5) is 4.05. The number of aryl methyl sites for hydroxylation is 1. The quantitative estimate of drug-likeness (QED) is 0.680. The van der Waals surface area contributed by atoms with Gasteiger partial charge in [-0.2, -0.15) is 0 Å². The molecule has 4 nitrogen and oxygen atoms in total. The van der Waals surface area contributed by atoms with Crippen LogP contribution in [0.15, 0.2) is 12.3 Å². The van der Waals surface area contributed by atoms with E-state index in [-0.39, 0.29) is 13.2 Å². The Morgan fingerprint density at radius 1 is 1.43 bits per heavy atom. The molecule has 0 fully saturated rings. The molecule has 1 rings (SSSR count). The van der Waals surface area contributed by atoms with Crippen molar-refractivity contribution in [2.24, 2.45) is 0 Å². The Kier molecular flexibility index (Phi) is 4.35. The van der Waals surface area contributed by atoms with E-state index in [1.165, 1.54) is 0 Å². The van der Waals surface area contributed by atoms with Crippen molar-refractivity contribution in [1.82, 2.24) is 4.98 Å². The molecule has 14 heavy (non-hydrogen) atoms. The molecule has 2 N–H and O–H groups in total. The number of hydrogen-bond acceptors (Lipinski definition) is 4. The van der Waals surface area contributed by atoms with Crippen LogP contribution in [-0.2, 0) is 6.61 Å². The van der Waals surface area contributed by atoms with E-state index in [9.17, 15) is 0 Å². The van der Waals surface area contributed by atoms with Crippen LogP contribution in [0.3, 0.4) is 0 Å². The maximum Gasteiger partial charge on any atom is 0.128 e. The van der Waals surface area contributed by atoms with Gasteiger partial charge in [-0.05, 0) is 6.92 Å². The molecule has 0 aliphatic rings. The van der Waals surface area contributed by atoms with Crippen LogP contribution in [0.1, 0.15) is 17.7 Å². The van der Waals surface area contributed by atoms with Crippen molar-refractivity contribution in [2.45, 2.75) is 20.0 Å². The summed E-state index contributed by atoms with van der Waals surface area (Å²) in [6, 6.07) is 1.78. The Labute approximate surface area is 83.2 Å². The predicted molar refractivity (Wildman–Crippen MR) is 52.1 cm³/mol. The van der Waals surface area contributed by atoms with Gasteiger partial charge in [0, 0.05) is 36.5 Å². The smallest absolute Gasteiger partial charge is 0.128 e. The van der Waals surface area contributed by atoms with E-state index in [1.807, 2.05) is 6.92 Å². The van der Waals surface area contributed by atoms with Crippen molar-refractivity contribution in [3.8, 4) is 5.75 Å². The summed E-state index contributed by atoms with van der Waals surface area (Å²) in [6.07, 6.45) is 2.19. The molecule has 1 heterocycles. The summed E-state index contributed by atoms with van der Waals surface area (Å²) in [5.74, 6) is 0.647. The molecule has 4 heteroatoms. The van der Waals surface area contributed by atoms with Crippen LogP contribution in [0, 0.1) is 6.92 Å². The number of aliphatic hydroxyl groups is 2. The van der Waals surface area contributed by atoms with Gasteiger partial charge in [-0.1, -0.05) is 0 Å². The normalized spacial score (nSPS) is 10.2. The molecular formula is C10H15NO3. The number of aliphatic hydroxyl groups excluding tert-OH is 2. The average molecular weight is 197 g/mol. The second-order valence-corrected chi connectivity index (χ2v) is 3.02. The Balaban J connectivity index is 2.67. The lowest BCUT2D eigenvalue weighted by Gasteiger charge is -2.09. The summed E-state index contributed by atoms with van der Waals surface area (Å²) in [7, 11) is 0. The first-order valence-electron chi connectivity index (χ1n) is 4.58. The Morgan fingerprint density at radius 3 is 2.86 bits per heavy atom. The highest BCUT2D eigenvalue weighted by Gasteiger charge is 2.03. The molecule has 0 saturated carbocycles. The third-order valence-corrected chi connectivity index (χ3v) is 1.81. The number of pyridine rings is 1. The highest BCUT2D eigenvalue weighted by Crippen LogP contribution is 2.18. The molecule has 0 aliphatic heterocycles. The van der Waals surface area contributed by atoms with E-state index < -0.39 is 0 Å². The largest absolute Gasteiger partial charge is 0.493 e. The maximum absolute atomic E-state index is 9.00. The number of ether oxygens (including phenoxy) is 1. The highest BCUT2D eigenvalue weighted by molar-refractivity contribution is 5.32. The second-order valence-electron chi connectivity index (χ2n) is 3.02. The molecule has 0 amide bonds. The van der Waals surface area contributed by atoms with Crippen LogP contribution < -0.4 is 4.74 Å². The van der Waals surface area contributed by atoms with Gasteiger partial charge in [0.1, 0.15) is 5.75 Å². The van der Waals surface area contributed by atoms with E-state index >= 15 is 0 Å². The third-order valence-electron chi connectivity index (χ3n) is 1.81. The van der Waals surface area contributed by atoms with Crippen LogP contribution >= 0.6 is 0 Å². The van der Waals surface area contributed by atoms with Gasteiger partial charge in [-0.25, -0.2) is 0 Å². The van der Waals surface area contributed by atoms with Crippen LogP contribution in [-0.4, -0.2) is 28.4 Å². The van der Waals surface area contributed by atoms with Gasteiger partial charge in [0.2, 0.25) is 0 Å². The van der Waals surface area contributed by atoms with E-state index in [0.29, 0.717) is 24.3 Å². The summed E-state index contributed by atoms with van der Waals surface area (Å²) in [5.41, 5.74) is 1.52. The summed E-state index contributed by atoms with van der Waals surface area (Å²) < 4.78 is 5.39. The van der Waals surface area contributed by atoms with Gasteiger partial charge < -0.3 is 14.9 Å². The summed E-state index contributed by atoms with van der Waals surface area (Å²) >= 11 is 0. The number of hydrogen-bond donors (Lipinski definition) is 2. The zero-order valence-corrected chi connectivity index (χ0v) is 8.23. The topological polar surface area (TPSA) is 62.6 Å². The minimum Gasteiger partial charge on any atom is -0.493 e. The maximum atomic E-state index is 9.00. The van der Waals surface area contributed by atoms with Crippen molar-refractivity contribution in [3.63, 3.8) is 0 Å². The zero-order valence-electron chi connectivity index (χ0n) is 8.23. The van der Waals surface area contributed by atoms with Gasteiger partial charge in [0.15, 0.2) is 0 Å². The SMILES string of the molecule is Cc1cc(OCCCO)c(CO)cn1. The zero-order chi connectivity index (χ0) is 10.4. The van der Waals surface area contributed by atoms with Crippen molar-refractivity contribution >= 4 is 0 Å². The van der Waals surface area contributed by atoms with E-state index in [4.69, 9.17) is 14.9 Å². The van der Waals surface area contributed by atoms with Gasteiger partial charge in [0.05, 0.1) is 13.2 Å². The first-order chi connectivity index (χ1) is 6.77. The van der Waals surface area contributed by atoms with Gasteiger partial charge >= 0.3 is 0 Å². The minimum absolute atomic E-state index is 0.0816. The third kappa shape index (κ3) is 2.97. The molecule has 0 spiro atoms. The molecular weight excluding hydrogens is 182 g/mol. The Hall–Kier alpha value is -1.13. The van der Waals surface area contributed by atoms with Crippen molar-refractivity contribution in [1.29, 1.82) is 0 Å². The molecule has 0 atom stereocenters. The molecule has 0 unspecified atom stereocenters.